The van der Waals surface area contributed by atoms with Crippen molar-refractivity contribution in [2.24, 2.45) is 0 Å². The summed E-state index contributed by atoms with van der Waals surface area (Å²) in [7, 11) is 0. The van der Waals surface area contributed by atoms with Gasteiger partial charge in [-0.15, -0.1) is 11.6 Å². The lowest BCUT2D eigenvalue weighted by molar-refractivity contribution is -0.138. The Bertz CT molecular complexity index is 363. The molecule has 0 heterocycles. The molecule has 0 radical (unpaired) electrons. The largest absolute Gasteiger partial charge is 0.426 e. The molecule has 82 valence electrons. The summed E-state index contributed by atoms with van der Waals surface area (Å²) in [5, 5.41) is 0. The summed E-state index contributed by atoms with van der Waals surface area (Å²) in [4.78, 5) is 10.7. The van der Waals surface area contributed by atoms with Crippen LogP contribution < -0.4 is 4.74 Å². The molecule has 1 rings (SSSR count). The van der Waals surface area contributed by atoms with Crippen LogP contribution in [0.2, 0.25) is 0 Å². The minimum atomic E-state index is -4.45. The summed E-state index contributed by atoms with van der Waals surface area (Å²) >= 11 is 5.13. The van der Waals surface area contributed by atoms with Crippen LogP contribution >= 0.6 is 11.6 Å². The Hall–Kier alpha value is -1.23. The van der Waals surface area contributed by atoms with Crippen LogP contribution in [-0.2, 0) is 11.0 Å². The molecule has 0 aromatic heterocycles. The Kier molecular flexibility index (Phi) is 3.57. The van der Waals surface area contributed by atoms with Crippen LogP contribution in [0, 0.1) is 0 Å². The summed E-state index contributed by atoms with van der Waals surface area (Å²) in [6.07, 6.45) is -4.45. The minimum absolute atomic E-state index is 0.171. The van der Waals surface area contributed by atoms with Crippen molar-refractivity contribution >= 4 is 17.6 Å². The maximum Gasteiger partial charge on any atom is 0.416 e. The van der Waals surface area contributed by atoms with Gasteiger partial charge in [0.15, 0.2) is 0 Å². The molecular weight excluding hydrogens is 233 g/mol. The minimum Gasteiger partial charge on any atom is -0.426 e. The van der Waals surface area contributed by atoms with E-state index in [1.807, 2.05) is 0 Å². The third-order valence-electron chi connectivity index (χ3n) is 1.50. The second-order valence-corrected chi connectivity index (χ2v) is 2.90. The number of hydrogen-bond donors (Lipinski definition) is 0. The summed E-state index contributed by atoms with van der Waals surface area (Å²) in [5.41, 5.74) is -0.873. The standard InChI is InChI=1S/C9H6ClF3O2/c10-5-8(14)15-7-3-1-2-6(4-7)9(11,12)13/h1-4H,5H2. The molecule has 0 spiro atoms. The van der Waals surface area contributed by atoms with E-state index in [2.05, 4.69) is 4.74 Å². The first-order valence-electron chi connectivity index (χ1n) is 3.87. The van der Waals surface area contributed by atoms with Crippen LogP contribution in [0.25, 0.3) is 0 Å². The van der Waals surface area contributed by atoms with Crippen molar-refractivity contribution in [1.82, 2.24) is 0 Å². The molecule has 0 saturated heterocycles. The molecule has 1 aromatic carbocycles. The number of hydrogen-bond acceptors (Lipinski definition) is 2. The smallest absolute Gasteiger partial charge is 0.416 e. The molecule has 0 unspecified atom stereocenters. The summed E-state index contributed by atoms with van der Waals surface area (Å²) in [5.74, 6) is -1.37. The maximum absolute atomic E-state index is 12.2. The van der Waals surface area contributed by atoms with E-state index in [9.17, 15) is 18.0 Å². The first-order chi connectivity index (χ1) is 6.93. The molecule has 0 amide bonds. The van der Waals surface area contributed by atoms with Gasteiger partial charge in [-0.3, -0.25) is 4.79 Å². The topological polar surface area (TPSA) is 26.3 Å². The van der Waals surface area contributed by atoms with Gasteiger partial charge in [0.25, 0.3) is 0 Å². The fourth-order valence-electron chi connectivity index (χ4n) is 0.895. The molecule has 0 N–H and O–H groups in total. The van der Waals surface area contributed by atoms with Gasteiger partial charge in [0.2, 0.25) is 0 Å². The number of alkyl halides is 4. The van der Waals surface area contributed by atoms with Crippen LogP contribution in [0.1, 0.15) is 5.56 Å². The van der Waals surface area contributed by atoms with E-state index in [0.717, 1.165) is 18.2 Å². The normalized spacial score (nSPS) is 11.2. The highest BCUT2D eigenvalue weighted by atomic mass is 35.5. The van der Waals surface area contributed by atoms with Crippen LogP contribution in [0.5, 0.6) is 5.75 Å². The van der Waals surface area contributed by atoms with E-state index in [4.69, 9.17) is 11.6 Å². The molecule has 0 bridgehead atoms. The quantitative estimate of drug-likeness (QED) is 0.450. The van der Waals surface area contributed by atoms with Gasteiger partial charge in [-0.25, -0.2) is 0 Å². The Morgan fingerprint density at radius 2 is 2.07 bits per heavy atom. The predicted molar refractivity (Wildman–Crippen MR) is 47.8 cm³/mol. The maximum atomic E-state index is 12.2. The summed E-state index contributed by atoms with van der Waals surface area (Å²) < 4.78 is 41.2. The average Bonchev–Trinajstić information content (AvgIpc) is 2.17. The summed E-state index contributed by atoms with van der Waals surface area (Å²) in [6.45, 7) is 0. The lowest BCUT2D eigenvalue weighted by atomic mass is 10.2. The second-order valence-electron chi connectivity index (χ2n) is 2.63. The lowest BCUT2D eigenvalue weighted by Gasteiger charge is -2.08. The molecule has 0 saturated carbocycles. The first-order valence-corrected chi connectivity index (χ1v) is 4.41. The third-order valence-corrected chi connectivity index (χ3v) is 1.72. The molecule has 0 aliphatic rings. The van der Waals surface area contributed by atoms with Crippen LogP contribution in [0.4, 0.5) is 13.2 Å². The number of carbonyl (C=O) groups excluding carboxylic acids is 1. The highest BCUT2D eigenvalue weighted by Gasteiger charge is 2.30. The zero-order valence-electron chi connectivity index (χ0n) is 7.34. The number of ether oxygens (including phenoxy) is 1. The SMILES string of the molecule is O=C(CCl)Oc1cccc(C(F)(F)F)c1. The highest BCUT2D eigenvalue weighted by molar-refractivity contribution is 6.26. The van der Waals surface area contributed by atoms with Gasteiger partial charge in [0.1, 0.15) is 11.6 Å². The van der Waals surface area contributed by atoms with Gasteiger partial charge in [-0.1, -0.05) is 6.07 Å². The van der Waals surface area contributed by atoms with Crippen LogP contribution in [-0.4, -0.2) is 11.8 Å². The van der Waals surface area contributed by atoms with Crippen LogP contribution in [0.3, 0.4) is 0 Å². The molecule has 15 heavy (non-hydrogen) atoms. The second kappa shape index (κ2) is 4.53. The van der Waals surface area contributed by atoms with Crippen molar-refractivity contribution in [2.45, 2.75) is 6.18 Å². The van der Waals surface area contributed by atoms with E-state index in [1.54, 1.807) is 0 Å². The van der Waals surface area contributed by atoms with Gasteiger partial charge in [-0.2, -0.15) is 13.2 Å². The van der Waals surface area contributed by atoms with Crippen molar-refractivity contribution in [3.05, 3.63) is 29.8 Å². The Labute approximate surface area is 88.6 Å². The highest BCUT2D eigenvalue weighted by Crippen LogP contribution is 2.31. The van der Waals surface area contributed by atoms with Crippen molar-refractivity contribution in [2.75, 3.05) is 5.88 Å². The van der Waals surface area contributed by atoms with E-state index < -0.39 is 23.6 Å². The number of benzene rings is 1. The van der Waals surface area contributed by atoms with Gasteiger partial charge >= 0.3 is 12.1 Å². The first kappa shape index (κ1) is 11.8. The fourth-order valence-corrected chi connectivity index (χ4v) is 0.949. The van der Waals surface area contributed by atoms with Gasteiger partial charge < -0.3 is 4.74 Å². The van der Waals surface area contributed by atoms with E-state index in [1.165, 1.54) is 6.07 Å². The fraction of sp³-hybridized carbons (Fsp3) is 0.222. The number of esters is 1. The zero-order chi connectivity index (χ0) is 11.5. The molecule has 0 aliphatic heterocycles. The van der Waals surface area contributed by atoms with Crippen molar-refractivity contribution < 1.29 is 22.7 Å². The summed E-state index contributed by atoms with van der Waals surface area (Å²) in [6, 6.07) is 4.03. The average molecular weight is 239 g/mol. The lowest BCUT2D eigenvalue weighted by Crippen LogP contribution is -2.10. The van der Waals surface area contributed by atoms with Crippen molar-refractivity contribution in [3.8, 4) is 5.75 Å². The third kappa shape index (κ3) is 3.43. The molecular formula is C9H6ClF3O2. The van der Waals surface area contributed by atoms with E-state index >= 15 is 0 Å². The molecule has 2 nitrogen and oxygen atoms in total. The molecule has 6 heteroatoms. The number of carbonyl (C=O) groups is 1. The monoisotopic (exact) mass is 238 g/mol. The van der Waals surface area contributed by atoms with Gasteiger partial charge in [-0.05, 0) is 18.2 Å². The van der Waals surface area contributed by atoms with E-state index in [-0.39, 0.29) is 5.75 Å². The van der Waals surface area contributed by atoms with Gasteiger partial charge in [0.05, 0.1) is 5.56 Å². The molecule has 0 aliphatic carbocycles. The van der Waals surface area contributed by atoms with Crippen LogP contribution in [0.15, 0.2) is 24.3 Å². The Morgan fingerprint density at radius 1 is 1.40 bits per heavy atom. The Morgan fingerprint density at radius 3 is 2.60 bits per heavy atom. The molecule has 0 atom stereocenters. The van der Waals surface area contributed by atoms with E-state index in [0.29, 0.717) is 0 Å². The Balaban J connectivity index is 2.88. The van der Waals surface area contributed by atoms with Crippen molar-refractivity contribution in [3.63, 3.8) is 0 Å². The molecule has 0 fully saturated rings. The van der Waals surface area contributed by atoms with Crippen molar-refractivity contribution in [1.29, 1.82) is 0 Å². The zero-order valence-corrected chi connectivity index (χ0v) is 8.10. The molecule has 1 aromatic rings. The van der Waals surface area contributed by atoms with Gasteiger partial charge in [0, 0.05) is 0 Å². The predicted octanol–water partition coefficient (Wildman–Crippen LogP) is 2.85. The number of rotatable bonds is 2. The number of halogens is 4.